The van der Waals surface area contributed by atoms with Crippen LogP contribution >= 0.6 is 0 Å². The van der Waals surface area contributed by atoms with Crippen LogP contribution in [0.2, 0.25) is 0 Å². The molecule has 2 aromatic rings. The second kappa shape index (κ2) is 5.17. The van der Waals surface area contributed by atoms with Gasteiger partial charge in [-0.2, -0.15) is 0 Å². The molecule has 1 N–H and O–H groups in total. The topological polar surface area (TPSA) is 38.7 Å². The van der Waals surface area contributed by atoms with Gasteiger partial charge in [-0.1, -0.05) is 23.8 Å². The fourth-order valence-corrected chi connectivity index (χ4v) is 2.59. The number of ether oxygens (including phenoxy) is 2. The van der Waals surface area contributed by atoms with E-state index in [0.717, 1.165) is 28.2 Å². The first-order valence-electron chi connectivity index (χ1n) is 6.76. The zero-order chi connectivity index (χ0) is 14.1. The van der Waals surface area contributed by atoms with Crippen LogP contribution in [-0.2, 0) is 0 Å². The molecule has 1 aliphatic heterocycles. The Morgan fingerprint density at radius 3 is 2.60 bits per heavy atom. The average molecular weight is 270 g/mol. The molecule has 0 fully saturated rings. The Bertz CT molecular complexity index is 604. The lowest BCUT2D eigenvalue weighted by Gasteiger charge is -2.30. The minimum atomic E-state index is -0.481. The molecule has 0 spiro atoms. The second-order valence-electron chi connectivity index (χ2n) is 5.17. The molecule has 2 atom stereocenters. The molecule has 0 bridgehead atoms. The largest absolute Gasteiger partial charge is 0.497 e. The van der Waals surface area contributed by atoms with E-state index >= 15 is 0 Å². The lowest BCUT2D eigenvalue weighted by molar-refractivity contribution is 0.0656. The van der Waals surface area contributed by atoms with Gasteiger partial charge < -0.3 is 14.6 Å². The van der Waals surface area contributed by atoms with Gasteiger partial charge >= 0.3 is 0 Å². The number of aryl methyl sites for hydroxylation is 1. The molecule has 0 aliphatic carbocycles. The van der Waals surface area contributed by atoms with Crippen LogP contribution in [0.1, 0.15) is 35.3 Å². The third kappa shape index (κ3) is 2.37. The fraction of sp³-hybridized carbons (Fsp3) is 0.294. The van der Waals surface area contributed by atoms with E-state index in [9.17, 15) is 5.11 Å². The van der Waals surface area contributed by atoms with Crippen LogP contribution in [0.25, 0.3) is 0 Å². The van der Waals surface area contributed by atoms with Crippen LogP contribution in [0.5, 0.6) is 11.5 Å². The Morgan fingerprint density at radius 2 is 1.90 bits per heavy atom. The first-order valence-corrected chi connectivity index (χ1v) is 6.76. The number of aliphatic hydroxyl groups excluding tert-OH is 1. The van der Waals surface area contributed by atoms with Crippen molar-refractivity contribution in [1.82, 2.24) is 0 Å². The minimum absolute atomic E-state index is 0.119. The average Bonchev–Trinajstić information content (AvgIpc) is 2.48. The lowest BCUT2D eigenvalue weighted by Crippen LogP contribution is -2.19. The summed E-state index contributed by atoms with van der Waals surface area (Å²) in [5, 5.41) is 10.3. The van der Waals surface area contributed by atoms with Crippen molar-refractivity contribution in [2.75, 3.05) is 7.11 Å². The van der Waals surface area contributed by atoms with Gasteiger partial charge in [0.1, 0.15) is 17.6 Å². The van der Waals surface area contributed by atoms with Gasteiger partial charge in [0.2, 0.25) is 0 Å². The summed E-state index contributed by atoms with van der Waals surface area (Å²) >= 11 is 0. The van der Waals surface area contributed by atoms with Gasteiger partial charge in [0.25, 0.3) is 0 Å². The molecular weight excluding hydrogens is 252 g/mol. The molecule has 2 aromatic carbocycles. The molecule has 1 unspecified atom stereocenters. The maximum absolute atomic E-state index is 10.3. The summed E-state index contributed by atoms with van der Waals surface area (Å²) in [5.41, 5.74) is 3.07. The Morgan fingerprint density at radius 1 is 1.15 bits per heavy atom. The normalized spacial score (nSPS) is 20.9. The molecule has 0 aromatic heterocycles. The van der Waals surface area contributed by atoms with Crippen LogP contribution in [0.4, 0.5) is 0 Å². The predicted molar refractivity (Wildman–Crippen MR) is 77.1 cm³/mol. The predicted octanol–water partition coefficient (Wildman–Crippen LogP) is 3.56. The van der Waals surface area contributed by atoms with E-state index in [0.29, 0.717) is 6.42 Å². The molecule has 3 heteroatoms. The van der Waals surface area contributed by atoms with Gasteiger partial charge in [0.15, 0.2) is 0 Å². The maximum Gasteiger partial charge on any atom is 0.127 e. The van der Waals surface area contributed by atoms with Crippen molar-refractivity contribution in [1.29, 1.82) is 0 Å². The van der Waals surface area contributed by atoms with Crippen molar-refractivity contribution in [3.63, 3.8) is 0 Å². The van der Waals surface area contributed by atoms with Crippen LogP contribution in [0.3, 0.4) is 0 Å². The van der Waals surface area contributed by atoms with E-state index in [4.69, 9.17) is 9.47 Å². The number of methoxy groups -OCH3 is 1. The second-order valence-corrected chi connectivity index (χ2v) is 5.17. The third-order valence-corrected chi connectivity index (χ3v) is 3.72. The zero-order valence-corrected chi connectivity index (χ0v) is 11.7. The highest BCUT2D eigenvalue weighted by Crippen LogP contribution is 2.41. The summed E-state index contributed by atoms with van der Waals surface area (Å²) in [7, 11) is 1.65. The molecule has 3 rings (SSSR count). The van der Waals surface area contributed by atoms with Crippen LogP contribution in [0, 0.1) is 6.92 Å². The maximum atomic E-state index is 10.3. The van der Waals surface area contributed by atoms with Gasteiger partial charge in [-0.05, 0) is 36.8 Å². The van der Waals surface area contributed by atoms with Crippen molar-refractivity contribution in [3.05, 3.63) is 59.2 Å². The third-order valence-electron chi connectivity index (χ3n) is 3.72. The summed E-state index contributed by atoms with van der Waals surface area (Å²) in [6, 6.07) is 13.7. The highest BCUT2D eigenvalue weighted by molar-refractivity contribution is 5.41. The quantitative estimate of drug-likeness (QED) is 0.906. The van der Waals surface area contributed by atoms with E-state index < -0.39 is 6.10 Å². The number of aliphatic hydroxyl groups is 1. The summed E-state index contributed by atoms with van der Waals surface area (Å²) < 4.78 is 11.2. The highest BCUT2D eigenvalue weighted by Gasteiger charge is 2.27. The lowest BCUT2D eigenvalue weighted by atomic mass is 9.94. The van der Waals surface area contributed by atoms with Gasteiger partial charge in [-0.15, -0.1) is 0 Å². The Kier molecular flexibility index (Phi) is 3.36. The van der Waals surface area contributed by atoms with Crippen molar-refractivity contribution >= 4 is 0 Å². The molecule has 0 radical (unpaired) electrons. The van der Waals surface area contributed by atoms with Crippen LogP contribution in [0.15, 0.2) is 42.5 Å². The summed E-state index contributed by atoms with van der Waals surface area (Å²) in [5.74, 6) is 1.59. The Hall–Kier alpha value is -2.00. The molecule has 1 heterocycles. The molecule has 3 nitrogen and oxygen atoms in total. The van der Waals surface area contributed by atoms with E-state index in [1.54, 1.807) is 7.11 Å². The smallest absolute Gasteiger partial charge is 0.127 e. The standard InChI is InChI=1S/C17H18O3/c1-11-3-8-16-14(9-11)15(18)10-17(20-16)12-4-6-13(19-2)7-5-12/h3-9,15,17-18H,10H2,1-2H3/t15-,17?/m0/s1. The fourth-order valence-electron chi connectivity index (χ4n) is 2.59. The first kappa shape index (κ1) is 13.0. The van der Waals surface area contributed by atoms with Crippen molar-refractivity contribution in [2.45, 2.75) is 25.6 Å². The minimum Gasteiger partial charge on any atom is -0.497 e. The molecule has 1 aliphatic rings. The van der Waals surface area contributed by atoms with E-state index in [1.165, 1.54) is 0 Å². The van der Waals surface area contributed by atoms with Gasteiger partial charge in [-0.25, -0.2) is 0 Å². The molecule has 104 valence electrons. The molecular formula is C17H18O3. The number of hydrogen-bond acceptors (Lipinski definition) is 3. The molecule has 0 saturated heterocycles. The van der Waals surface area contributed by atoms with E-state index in [2.05, 4.69) is 0 Å². The molecule has 0 amide bonds. The Balaban J connectivity index is 1.88. The number of benzene rings is 2. The van der Waals surface area contributed by atoms with Crippen LogP contribution in [-0.4, -0.2) is 12.2 Å². The summed E-state index contributed by atoms with van der Waals surface area (Å²) in [4.78, 5) is 0. The van der Waals surface area contributed by atoms with Gasteiger partial charge in [-0.3, -0.25) is 0 Å². The summed E-state index contributed by atoms with van der Waals surface area (Å²) in [6.45, 7) is 2.02. The van der Waals surface area contributed by atoms with Gasteiger partial charge in [0, 0.05) is 12.0 Å². The Labute approximate surface area is 118 Å². The highest BCUT2D eigenvalue weighted by atomic mass is 16.5. The molecule has 0 saturated carbocycles. The van der Waals surface area contributed by atoms with Crippen molar-refractivity contribution in [2.24, 2.45) is 0 Å². The number of hydrogen-bond donors (Lipinski definition) is 1. The van der Waals surface area contributed by atoms with Gasteiger partial charge in [0.05, 0.1) is 13.2 Å². The SMILES string of the molecule is COc1ccc(C2C[C@H](O)c3cc(C)ccc3O2)cc1. The van der Waals surface area contributed by atoms with Crippen molar-refractivity contribution in [3.8, 4) is 11.5 Å². The van der Waals surface area contributed by atoms with E-state index in [-0.39, 0.29) is 6.10 Å². The summed E-state index contributed by atoms with van der Waals surface area (Å²) in [6.07, 6.45) is -0.0279. The number of fused-ring (bicyclic) bond motifs is 1. The molecule has 20 heavy (non-hydrogen) atoms. The van der Waals surface area contributed by atoms with Crippen molar-refractivity contribution < 1.29 is 14.6 Å². The monoisotopic (exact) mass is 270 g/mol. The number of rotatable bonds is 2. The first-order chi connectivity index (χ1) is 9.67. The van der Waals surface area contributed by atoms with Crippen LogP contribution < -0.4 is 9.47 Å². The zero-order valence-electron chi connectivity index (χ0n) is 11.7. The van der Waals surface area contributed by atoms with E-state index in [1.807, 2.05) is 49.4 Å².